The van der Waals surface area contributed by atoms with Gasteiger partial charge in [0.05, 0.1) is 0 Å². The summed E-state index contributed by atoms with van der Waals surface area (Å²) in [5.41, 5.74) is 2.44. The summed E-state index contributed by atoms with van der Waals surface area (Å²) in [7, 11) is 0. The largest absolute Gasteiger partial charge is 0.296 e. The van der Waals surface area contributed by atoms with Crippen molar-refractivity contribution in [3.05, 3.63) is 35.4 Å². The standard InChI is InChI=1S/C14H16Cl2O/c1-13(2,3)10-6-4-9(5-7-10)11-8-12(17)14(11,15)16/h4-7,11H,8H2,1-3H3. The molecule has 0 heterocycles. The second kappa shape index (κ2) is 4.00. The van der Waals surface area contributed by atoms with Gasteiger partial charge >= 0.3 is 0 Å². The fraction of sp³-hybridized carbons (Fsp3) is 0.500. The molecule has 1 saturated carbocycles. The first-order chi connectivity index (χ1) is 7.73. The zero-order valence-corrected chi connectivity index (χ0v) is 11.8. The number of Topliss-reactive ketones (excluding diaryl/α,β-unsaturated/α-hetero) is 1. The van der Waals surface area contributed by atoms with Crippen LogP contribution in [0.1, 0.15) is 44.2 Å². The van der Waals surface area contributed by atoms with E-state index in [0.29, 0.717) is 6.42 Å². The molecule has 0 saturated heterocycles. The zero-order chi connectivity index (χ0) is 12.8. The summed E-state index contributed by atoms with van der Waals surface area (Å²) in [6.45, 7) is 6.51. The van der Waals surface area contributed by atoms with Crippen LogP contribution in [0.4, 0.5) is 0 Å². The van der Waals surface area contributed by atoms with Gasteiger partial charge in [0, 0.05) is 12.3 Å². The van der Waals surface area contributed by atoms with E-state index < -0.39 is 4.33 Å². The van der Waals surface area contributed by atoms with Gasteiger partial charge in [0.15, 0.2) is 10.1 Å². The molecule has 17 heavy (non-hydrogen) atoms. The Morgan fingerprint density at radius 3 is 2.06 bits per heavy atom. The predicted molar refractivity (Wildman–Crippen MR) is 71.9 cm³/mol. The van der Waals surface area contributed by atoms with Crippen molar-refractivity contribution in [2.45, 2.75) is 42.9 Å². The molecule has 0 N–H and O–H groups in total. The molecular formula is C14H16Cl2O. The number of alkyl halides is 2. The lowest BCUT2D eigenvalue weighted by Gasteiger charge is -2.38. The molecule has 1 fully saturated rings. The predicted octanol–water partition coefficient (Wildman–Crippen LogP) is 4.21. The van der Waals surface area contributed by atoms with Gasteiger partial charge in [0.25, 0.3) is 0 Å². The lowest BCUT2D eigenvalue weighted by Crippen LogP contribution is -2.45. The first-order valence-corrected chi connectivity index (χ1v) is 6.50. The third-order valence-corrected chi connectivity index (χ3v) is 4.33. The molecule has 0 bridgehead atoms. The molecule has 1 nitrogen and oxygen atoms in total. The Hall–Kier alpha value is -0.530. The molecule has 0 radical (unpaired) electrons. The van der Waals surface area contributed by atoms with E-state index in [1.165, 1.54) is 5.56 Å². The molecule has 1 atom stereocenters. The Balaban J connectivity index is 2.23. The van der Waals surface area contributed by atoms with Gasteiger partial charge < -0.3 is 0 Å². The topological polar surface area (TPSA) is 17.1 Å². The van der Waals surface area contributed by atoms with Crippen molar-refractivity contribution in [1.82, 2.24) is 0 Å². The molecule has 0 aromatic heterocycles. The number of hydrogen-bond acceptors (Lipinski definition) is 1. The van der Waals surface area contributed by atoms with E-state index in [2.05, 4.69) is 32.9 Å². The summed E-state index contributed by atoms with van der Waals surface area (Å²) in [4.78, 5) is 11.3. The first-order valence-electron chi connectivity index (χ1n) is 5.74. The Labute approximate surface area is 112 Å². The lowest BCUT2D eigenvalue weighted by molar-refractivity contribution is -0.125. The van der Waals surface area contributed by atoms with E-state index in [1.807, 2.05) is 12.1 Å². The molecular weight excluding hydrogens is 255 g/mol. The van der Waals surface area contributed by atoms with Gasteiger partial charge in [0.2, 0.25) is 0 Å². The number of halogens is 2. The number of benzene rings is 1. The molecule has 1 aromatic rings. The van der Waals surface area contributed by atoms with Gasteiger partial charge in [-0.05, 0) is 16.5 Å². The normalized spacial score (nSPS) is 23.4. The minimum absolute atomic E-state index is 0.0626. The monoisotopic (exact) mass is 270 g/mol. The Bertz CT molecular complexity index is 440. The van der Waals surface area contributed by atoms with Crippen molar-refractivity contribution >= 4 is 29.0 Å². The molecule has 0 aliphatic heterocycles. The average Bonchev–Trinajstić information content (AvgIpc) is 2.25. The molecule has 1 aromatic carbocycles. The summed E-state index contributed by atoms with van der Waals surface area (Å²) in [5.74, 6) is -0.141. The molecule has 1 unspecified atom stereocenters. The SMILES string of the molecule is CC(C)(C)c1ccc(C2CC(=O)C2(Cl)Cl)cc1. The molecule has 3 heteroatoms. The number of hydrogen-bond donors (Lipinski definition) is 0. The van der Waals surface area contributed by atoms with E-state index in [-0.39, 0.29) is 17.1 Å². The van der Waals surface area contributed by atoms with Gasteiger partial charge in [-0.2, -0.15) is 0 Å². The van der Waals surface area contributed by atoms with Crippen LogP contribution in [0.5, 0.6) is 0 Å². The molecule has 1 aliphatic rings. The van der Waals surface area contributed by atoms with Crippen LogP contribution in [0.3, 0.4) is 0 Å². The molecule has 2 rings (SSSR count). The van der Waals surface area contributed by atoms with Crippen LogP contribution < -0.4 is 0 Å². The van der Waals surface area contributed by atoms with Gasteiger partial charge in [-0.15, -0.1) is 0 Å². The third kappa shape index (κ3) is 2.23. The van der Waals surface area contributed by atoms with Crippen LogP contribution >= 0.6 is 23.2 Å². The number of ketones is 1. The van der Waals surface area contributed by atoms with Crippen molar-refractivity contribution in [2.24, 2.45) is 0 Å². The van der Waals surface area contributed by atoms with Gasteiger partial charge in [-0.25, -0.2) is 0 Å². The van der Waals surface area contributed by atoms with Crippen LogP contribution in [-0.4, -0.2) is 10.1 Å². The third-order valence-electron chi connectivity index (χ3n) is 3.38. The Kier molecular flexibility index (Phi) is 3.04. The second-order valence-electron chi connectivity index (χ2n) is 5.67. The second-order valence-corrected chi connectivity index (χ2v) is 7.06. The van der Waals surface area contributed by atoms with Crippen LogP contribution in [0, 0.1) is 0 Å². The number of rotatable bonds is 1. The summed E-state index contributed by atoms with van der Waals surface area (Å²) in [6, 6.07) is 8.22. The van der Waals surface area contributed by atoms with Crippen molar-refractivity contribution in [2.75, 3.05) is 0 Å². The lowest BCUT2D eigenvalue weighted by atomic mass is 9.76. The fourth-order valence-electron chi connectivity index (χ4n) is 2.06. The highest BCUT2D eigenvalue weighted by molar-refractivity contribution is 6.61. The molecule has 0 spiro atoms. The van der Waals surface area contributed by atoms with E-state index in [4.69, 9.17) is 23.2 Å². The van der Waals surface area contributed by atoms with Crippen molar-refractivity contribution < 1.29 is 4.79 Å². The minimum Gasteiger partial charge on any atom is -0.296 e. The smallest absolute Gasteiger partial charge is 0.183 e. The van der Waals surface area contributed by atoms with Gasteiger partial charge in [-0.3, -0.25) is 4.79 Å². The first kappa shape index (κ1) is 12.9. The van der Waals surface area contributed by atoms with E-state index in [9.17, 15) is 4.79 Å². The van der Waals surface area contributed by atoms with Crippen molar-refractivity contribution in [3.63, 3.8) is 0 Å². The molecule has 0 amide bonds. The number of carbonyl (C=O) groups excluding carboxylic acids is 1. The van der Waals surface area contributed by atoms with Crippen LogP contribution in [-0.2, 0) is 10.2 Å². The van der Waals surface area contributed by atoms with Gasteiger partial charge in [-0.1, -0.05) is 68.2 Å². The van der Waals surface area contributed by atoms with Crippen molar-refractivity contribution in [3.8, 4) is 0 Å². The van der Waals surface area contributed by atoms with Crippen LogP contribution in [0.2, 0.25) is 0 Å². The summed E-state index contributed by atoms with van der Waals surface area (Å²) in [5, 5.41) is 0. The highest BCUT2D eigenvalue weighted by Crippen LogP contribution is 2.50. The van der Waals surface area contributed by atoms with E-state index >= 15 is 0 Å². The maximum absolute atomic E-state index is 11.3. The minimum atomic E-state index is -1.22. The van der Waals surface area contributed by atoms with Crippen LogP contribution in [0.15, 0.2) is 24.3 Å². The summed E-state index contributed by atoms with van der Waals surface area (Å²) < 4.78 is -1.22. The van der Waals surface area contributed by atoms with Crippen molar-refractivity contribution in [1.29, 1.82) is 0 Å². The van der Waals surface area contributed by atoms with Gasteiger partial charge in [0.1, 0.15) is 0 Å². The van der Waals surface area contributed by atoms with Crippen LogP contribution in [0.25, 0.3) is 0 Å². The maximum atomic E-state index is 11.3. The highest BCUT2D eigenvalue weighted by atomic mass is 35.5. The highest BCUT2D eigenvalue weighted by Gasteiger charge is 2.53. The number of carbonyl (C=O) groups is 1. The molecule has 92 valence electrons. The average molecular weight is 271 g/mol. The quantitative estimate of drug-likeness (QED) is 0.699. The summed E-state index contributed by atoms with van der Waals surface area (Å²) >= 11 is 12.0. The van der Waals surface area contributed by atoms with E-state index in [1.54, 1.807) is 0 Å². The fourth-order valence-corrected chi connectivity index (χ4v) is 2.62. The molecule has 1 aliphatic carbocycles. The van der Waals surface area contributed by atoms with E-state index in [0.717, 1.165) is 5.56 Å². The zero-order valence-electron chi connectivity index (χ0n) is 10.3. The Morgan fingerprint density at radius 2 is 1.71 bits per heavy atom. The summed E-state index contributed by atoms with van der Waals surface area (Å²) in [6.07, 6.45) is 0.446. The Morgan fingerprint density at radius 1 is 1.18 bits per heavy atom. The maximum Gasteiger partial charge on any atom is 0.183 e.